The summed E-state index contributed by atoms with van der Waals surface area (Å²) in [5, 5.41) is 4.56. The van der Waals surface area contributed by atoms with Gasteiger partial charge in [0.15, 0.2) is 12.1 Å². The highest BCUT2D eigenvalue weighted by atomic mass is 16.6. The topological polar surface area (TPSA) is 120 Å². The minimum Gasteiger partial charge on any atom is -0.450 e. The lowest BCUT2D eigenvalue weighted by Gasteiger charge is -2.25. The smallest absolute Gasteiger partial charge is 0.407 e. The van der Waals surface area contributed by atoms with Gasteiger partial charge in [0.05, 0.1) is 18.6 Å². The minimum absolute atomic E-state index is 0.0707. The van der Waals surface area contributed by atoms with Gasteiger partial charge in [-0.15, -0.1) is 0 Å². The second-order valence-electron chi connectivity index (χ2n) is 9.49. The van der Waals surface area contributed by atoms with E-state index in [4.69, 9.17) is 14.2 Å². The van der Waals surface area contributed by atoms with Crippen LogP contribution in [0.15, 0.2) is 48.5 Å². The first-order valence-corrected chi connectivity index (χ1v) is 11.4. The lowest BCUT2D eigenvalue weighted by Crippen LogP contribution is -2.48. The molecule has 1 aliphatic carbocycles. The maximum Gasteiger partial charge on any atom is 0.407 e. The number of carbonyl (C=O) groups excluding carboxylic acids is 4. The van der Waals surface area contributed by atoms with Gasteiger partial charge in [0, 0.05) is 5.92 Å². The first-order valence-electron chi connectivity index (χ1n) is 11.4. The molecule has 2 aromatic carbocycles. The van der Waals surface area contributed by atoms with E-state index in [0.29, 0.717) is 0 Å². The van der Waals surface area contributed by atoms with Crippen LogP contribution in [0, 0.1) is 0 Å². The maximum absolute atomic E-state index is 12.7. The van der Waals surface area contributed by atoms with Gasteiger partial charge in [-0.1, -0.05) is 48.5 Å². The molecule has 0 aromatic heterocycles. The van der Waals surface area contributed by atoms with Crippen LogP contribution in [0.3, 0.4) is 0 Å². The summed E-state index contributed by atoms with van der Waals surface area (Å²) < 4.78 is 16.3. The van der Waals surface area contributed by atoms with E-state index in [1.54, 1.807) is 20.8 Å². The number of fused-ring (bicyclic) bond motifs is 3. The van der Waals surface area contributed by atoms with Gasteiger partial charge < -0.3 is 19.5 Å². The predicted molar refractivity (Wildman–Crippen MR) is 125 cm³/mol. The van der Waals surface area contributed by atoms with E-state index in [0.717, 1.165) is 22.3 Å². The van der Waals surface area contributed by atoms with Crippen LogP contribution in [0.5, 0.6) is 0 Å². The Labute approximate surface area is 203 Å². The Bertz CT molecular complexity index is 1110. The van der Waals surface area contributed by atoms with E-state index in [1.807, 2.05) is 48.5 Å². The molecule has 1 fully saturated rings. The van der Waals surface area contributed by atoms with Crippen molar-refractivity contribution in [1.29, 1.82) is 0 Å². The van der Waals surface area contributed by atoms with Crippen LogP contribution in [0.2, 0.25) is 0 Å². The third-order valence-electron chi connectivity index (χ3n) is 5.79. The fourth-order valence-electron chi connectivity index (χ4n) is 4.13. The van der Waals surface area contributed by atoms with E-state index in [9.17, 15) is 19.2 Å². The third kappa shape index (κ3) is 5.68. The zero-order valence-corrected chi connectivity index (χ0v) is 19.8. The summed E-state index contributed by atoms with van der Waals surface area (Å²) in [6.07, 6.45) is -2.32. The van der Waals surface area contributed by atoms with Gasteiger partial charge in [0.1, 0.15) is 6.61 Å². The average Bonchev–Trinajstić information content (AvgIpc) is 3.30. The van der Waals surface area contributed by atoms with Gasteiger partial charge in [-0.3, -0.25) is 14.9 Å². The molecule has 2 N–H and O–H groups in total. The molecule has 1 aliphatic heterocycles. The summed E-state index contributed by atoms with van der Waals surface area (Å²) in [5.74, 6) is -2.25. The highest BCUT2D eigenvalue weighted by molar-refractivity contribution is 6.05. The molecule has 4 rings (SSSR count). The maximum atomic E-state index is 12.7. The molecule has 2 aromatic rings. The molecule has 0 radical (unpaired) electrons. The van der Waals surface area contributed by atoms with Gasteiger partial charge in [-0.2, -0.15) is 0 Å². The fraction of sp³-hybridized carbons (Fsp3) is 0.385. The van der Waals surface area contributed by atoms with Crippen LogP contribution in [-0.4, -0.2) is 54.8 Å². The molecule has 1 heterocycles. The monoisotopic (exact) mass is 480 g/mol. The van der Waals surface area contributed by atoms with Crippen LogP contribution in [0.4, 0.5) is 4.79 Å². The minimum atomic E-state index is -1.24. The number of nitrogens with one attached hydrogen (secondary N) is 2. The molecular weight excluding hydrogens is 452 g/mol. The SMILES string of the molecule is CC(C)(C)OC[C@H](NC(=O)OCC1c2ccccc2-c2ccccc21)C(=O)O[C@H]1CC(=O)NC1=O. The second-order valence-corrected chi connectivity index (χ2v) is 9.49. The van der Waals surface area contributed by atoms with Gasteiger partial charge >= 0.3 is 12.1 Å². The van der Waals surface area contributed by atoms with Crippen LogP contribution >= 0.6 is 0 Å². The van der Waals surface area contributed by atoms with E-state index in [-0.39, 0.29) is 25.6 Å². The molecule has 0 unspecified atom stereocenters. The normalized spacial score (nSPS) is 17.9. The van der Waals surface area contributed by atoms with Crippen LogP contribution in [-0.2, 0) is 28.6 Å². The largest absolute Gasteiger partial charge is 0.450 e. The van der Waals surface area contributed by atoms with Crippen molar-refractivity contribution in [1.82, 2.24) is 10.6 Å². The zero-order valence-electron chi connectivity index (χ0n) is 19.8. The molecule has 2 aliphatic rings. The van der Waals surface area contributed by atoms with E-state index in [1.165, 1.54) is 0 Å². The highest BCUT2D eigenvalue weighted by Gasteiger charge is 2.37. The van der Waals surface area contributed by atoms with Gasteiger partial charge in [-0.05, 0) is 43.0 Å². The van der Waals surface area contributed by atoms with Crippen molar-refractivity contribution in [2.45, 2.75) is 50.9 Å². The molecule has 9 heteroatoms. The Morgan fingerprint density at radius 3 is 2.17 bits per heavy atom. The summed E-state index contributed by atoms with van der Waals surface area (Å²) >= 11 is 0. The summed E-state index contributed by atoms with van der Waals surface area (Å²) in [7, 11) is 0. The first kappa shape index (κ1) is 24.4. The van der Waals surface area contributed by atoms with E-state index in [2.05, 4.69) is 10.6 Å². The van der Waals surface area contributed by atoms with Crippen molar-refractivity contribution in [2.75, 3.05) is 13.2 Å². The quantitative estimate of drug-likeness (QED) is 0.462. The van der Waals surface area contributed by atoms with E-state index < -0.39 is 41.6 Å². The van der Waals surface area contributed by atoms with Crippen molar-refractivity contribution in [3.8, 4) is 11.1 Å². The Morgan fingerprint density at radius 2 is 1.63 bits per heavy atom. The number of imide groups is 1. The Morgan fingerprint density at radius 1 is 1.03 bits per heavy atom. The van der Waals surface area contributed by atoms with Gasteiger partial charge in [0.2, 0.25) is 5.91 Å². The summed E-state index contributed by atoms with van der Waals surface area (Å²) in [4.78, 5) is 48.6. The lowest BCUT2D eigenvalue weighted by atomic mass is 9.98. The average molecular weight is 481 g/mol. The number of benzene rings is 2. The first-order chi connectivity index (χ1) is 16.6. The number of esters is 1. The number of alkyl carbamates (subject to hydrolysis) is 1. The summed E-state index contributed by atoms with van der Waals surface area (Å²) in [6.45, 7) is 5.26. The molecule has 35 heavy (non-hydrogen) atoms. The molecule has 184 valence electrons. The van der Waals surface area contributed by atoms with E-state index >= 15 is 0 Å². The Kier molecular flexibility index (Phi) is 6.88. The Hall–Kier alpha value is -3.72. The van der Waals surface area contributed by atoms with Crippen LogP contribution in [0.1, 0.15) is 44.2 Å². The molecular formula is C26H28N2O7. The van der Waals surface area contributed by atoms with Crippen LogP contribution < -0.4 is 10.6 Å². The summed E-state index contributed by atoms with van der Waals surface area (Å²) in [6, 6.07) is 14.7. The number of hydrogen-bond donors (Lipinski definition) is 2. The van der Waals surface area contributed by atoms with Crippen molar-refractivity contribution in [3.63, 3.8) is 0 Å². The Balaban J connectivity index is 1.42. The predicted octanol–water partition coefficient (Wildman–Crippen LogP) is 2.67. The molecule has 0 saturated carbocycles. The lowest BCUT2D eigenvalue weighted by molar-refractivity contribution is -0.158. The van der Waals surface area contributed by atoms with Crippen molar-refractivity contribution >= 4 is 23.9 Å². The number of ether oxygens (including phenoxy) is 3. The fourth-order valence-corrected chi connectivity index (χ4v) is 4.13. The molecule has 2 atom stereocenters. The van der Waals surface area contributed by atoms with Gasteiger partial charge in [0.25, 0.3) is 5.91 Å². The molecule has 0 bridgehead atoms. The number of hydrogen-bond acceptors (Lipinski definition) is 7. The number of carbonyl (C=O) groups is 4. The second kappa shape index (κ2) is 9.87. The number of rotatable bonds is 7. The van der Waals surface area contributed by atoms with Crippen molar-refractivity contribution < 1.29 is 33.4 Å². The molecule has 1 saturated heterocycles. The van der Waals surface area contributed by atoms with Crippen molar-refractivity contribution in [3.05, 3.63) is 59.7 Å². The highest BCUT2D eigenvalue weighted by Crippen LogP contribution is 2.44. The molecule has 3 amide bonds. The summed E-state index contributed by atoms with van der Waals surface area (Å²) in [5.41, 5.74) is 3.72. The number of amides is 3. The van der Waals surface area contributed by atoms with Crippen LogP contribution in [0.25, 0.3) is 11.1 Å². The molecule has 0 spiro atoms. The molecule has 9 nitrogen and oxygen atoms in total. The van der Waals surface area contributed by atoms with Crippen molar-refractivity contribution in [2.24, 2.45) is 0 Å². The standard InChI is InChI=1S/C26H28N2O7/c1-26(2,3)34-14-20(24(31)35-21-12-22(29)28-23(21)30)27-25(32)33-13-19-17-10-6-4-8-15(17)16-9-5-7-11-18(16)19/h4-11,19-21H,12-14H2,1-3H3,(H,27,32)(H,28,29,30)/t20-,21-/m0/s1. The third-order valence-corrected chi connectivity index (χ3v) is 5.79. The van der Waals surface area contributed by atoms with Gasteiger partial charge in [-0.25, -0.2) is 9.59 Å². The zero-order chi connectivity index (χ0) is 25.2.